The first-order chi connectivity index (χ1) is 5.81. The average molecular weight is 184 g/mol. The van der Waals surface area contributed by atoms with Crippen LogP contribution in [0.4, 0.5) is 0 Å². The molecule has 2 N–H and O–H groups in total. The third-order valence-electron chi connectivity index (χ3n) is 2.20. The molecule has 74 valence electrons. The van der Waals surface area contributed by atoms with Crippen molar-refractivity contribution < 1.29 is 15.0 Å². The molecule has 0 spiro atoms. The highest BCUT2D eigenvalue weighted by molar-refractivity contribution is 5.69. The molecule has 0 aromatic heterocycles. The van der Waals surface area contributed by atoms with E-state index in [1.54, 1.807) is 20.8 Å². The van der Waals surface area contributed by atoms with E-state index in [9.17, 15) is 9.90 Å². The van der Waals surface area contributed by atoms with E-state index in [1.165, 1.54) is 0 Å². The molecule has 0 amide bonds. The maximum atomic E-state index is 10.5. The van der Waals surface area contributed by atoms with Crippen molar-refractivity contribution in [2.75, 3.05) is 0 Å². The SMILES string of the molecule is C=C=C(C)C(C)(O)CC(C)C(=O)O. The zero-order valence-corrected chi connectivity index (χ0v) is 8.29. The minimum atomic E-state index is -1.13. The Morgan fingerprint density at radius 2 is 2.15 bits per heavy atom. The second-order valence-corrected chi connectivity index (χ2v) is 3.52. The van der Waals surface area contributed by atoms with Crippen LogP contribution < -0.4 is 0 Å². The summed E-state index contributed by atoms with van der Waals surface area (Å²) in [5.74, 6) is -1.48. The van der Waals surface area contributed by atoms with Crippen molar-refractivity contribution in [3.63, 3.8) is 0 Å². The number of aliphatic hydroxyl groups is 1. The largest absolute Gasteiger partial charge is 0.481 e. The maximum Gasteiger partial charge on any atom is 0.306 e. The van der Waals surface area contributed by atoms with Gasteiger partial charge in [-0.15, -0.1) is 5.73 Å². The predicted molar refractivity (Wildman–Crippen MR) is 50.4 cm³/mol. The van der Waals surface area contributed by atoms with Crippen LogP contribution in [0.15, 0.2) is 17.9 Å². The van der Waals surface area contributed by atoms with Gasteiger partial charge < -0.3 is 10.2 Å². The first-order valence-electron chi connectivity index (χ1n) is 4.13. The molecule has 0 aliphatic rings. The van der Waals surface area contributed by atoms with Crippen LogP contribution in [0.3, 0.4) is 0 Å². The van der Waals surface area contributed by atoms with Crippen LogP contribution in [0.25, 0.3) is 0 Å². The Morgan fingerprint density at radius 1 is 1.69 bits per heavy atom. The molecular weight excluding hydrogens is 168 g/mol. The zero-order chi connectivity index (χ0) is 10.6. The Labute approximate surface area is 78.4 Å². The number of carboxylic acid groups (broad SMARTS) is 1. The van der Waals surface area contributed by atoms with Crippen LogP contribution in [0, 0.1) is 5.92 Å². The number of hydrogen-bond acceptors (Lipinski definition) is 2. The summed E-state index contributed by atoms with van der Waals surface area (Å²) in [6.45, 7) is 8.22. The Kier molecular flexibility index (Phi) is 3.92. The van der Waals surface area contributed by atoms with E-state index in [1.807, 2.05) is 0 Å². The predicted octanol–water partition coefficient (Wildman–Crippen LogP) is 1.58. The molecule has 0 aliphatic carbocycles. The van der Waals surface area contributed by atoms with Gasteiger partial charge in [-0.1, -0.05) is 13.5 Å². The Morgan fingerprint density at radius 3 is 2.46 bits per heavy atom. The van der Waals surface area contributed by atoms with Gasteiger partial charge in [0.05, 0.1) is 11.5 Å². The zero-order valence-electron chi connectivity index (χ0n) is 8.29. The highest BCUT2D eigenvalue weighted by Crippen LogP contribution is 2.23. The number of rotatable bonds is 4. The topological polar surface area (TPSA) is 57.5 Å². The van der Waals surface area contributed by atoms with Gasteiger partial charge in [-0.3, -0.25) is 4.79 Å². The van der Waals surface area contributed by atoms with Crippen molar-refractivity contribution in [2.24, 2.45) is 5.92 Å². The number of hydrogen-bond donors (Lipinski definition) is 2. The van der Waals surface area contributed by atoms with Gasteiger partial charge in [0.25, 0.3) is 0 Å². The van der Waals surface area contributed by atoms with Gasteiger partial charge in [0.1, 0.15) is 0 Å². The Bertz CT molecular complexity index is 247. The second-order valence-electron chi connectivity index (χ2n) is 3.52. The van der Waals surface area contributed by atoms with E-state index in [4.69, 9.17) is 5.11 Å². The van der Waals surface area contributed by atoms with Gasteiger partial charge in [-0.25, -0.2) is 0 Å². The lowest BCUT2D eigenvalue weighted by Crippen LogP contribution is -2.30. The summed E-state index contributed by atoms with van der Waals surface area (Å²) in [6, 6.07) is 0. The first-order valence-corrected chi connectivity index (χ1v) is 4.13. The summed E-state index contributed by atoms with van der Waals surface area (Å²) in [5.41, 5.74) is 2.02. The molecule has 0 aliphatic heterocycles. The van der Waals surface area contributed by atoms with Crippen LogP contribution in [-0.2, 0) is 4.79 Å². The molecule has 0 bridgehead atoms. The first kappa shape index (κ1) is 11.9. The third-order valence-corrected chi connectivity index (χ3v) is 2.20. The molecule has 0 saturated carbocycles. The van der Waals surface area contributed by atoms with Crippen molar-refractivity contribution in [1.29, 1.82) is 0 Å². The highest BCUT2D eigenvalue weighted by Gasteiger charge is 2.28. The van der Waals surface area contributed by atoms with Gasteiger partial charge in [-0.2, -0.15) is 0 Å². The number of aliphatic carboxylic acids is 1. The fourth-order valence-corrected chi connectivity index (χ4v) is 1.03. The van der Waals surface area contributed by atoms with Crippen LogP contribution >= 0.6 is 0 Å². The molecule has 0 saturated heterocycles. The summed E-state index contributed by atoms with van der Waals surface area (Å²) in [4.78, 5) is 10.5. The molecule has 3 nitrogen and oxygen atoms in total. The minimum Gasteiger partial charge on any atom is -0.481 e. The molecular formula is C10H16O3. The highest BCUT2D eigenvalue weighted by atomic mass is 16.4. The number of carboxylic acids is 1. The minimum absolute atomic E-state index is 0.177. The molecule has 2 atom stereocenters. The third kappa shape index (κ3) is 3.45. The van der Waals surface area contributed by atoms with Crippen molar-refractivity contribution >= 4 is 5.97 Å². The molecule has 0 rings (SSSR count). The smallest absolute Gasteiger partial charge is 0.306 e. The summed E-state index contributed by atoms with van der Waals surface area (Å²) in [5, 5.41) is 18.4. The van der Waals surface area contributed by atoms with E-state index < -0.39 is 17.5 Å². The fourth-order valence-electron chi connectivity index (χ4n) is 1.03. The molecule has 0 aromatic carbocycles. The standard InChI is InChI=1S/C10H16O3/c1-5-8(3)10(4,13)6-7(2)9(11)12/h7,13H,1,6H2,2-4H3,(H,11,12). The van der Waals surface area contributed by atoms with Crippen LogP contribution in [-0.4, -0.2) is 21.8 Å². The number of carbonyl (C=O) groups is 1. The van der Waals surface area contributed by atoms with Gasteiger partial charge in [-0.05, 0) is 25.8 Å². The molecule has 0 aromatic rings. The summed E-state index contributed by atoms with van der Waals surface area (Å²) < 4.78 is 0. The van der Waals surface area contributed by atoms with Crippen molar-refractivity contribution in [3.05, 3.63) is 17.9 Å². The molecule has 13 heavy (non-hydrogen) atoms. The second kappa shape index (κ2) is 4.26. The molecule has 2 unspecified atom stereocenters. The Hall–Kier alpha value is -1.05. The van der Waals surface area contributed by atoms with E-state index >= 15 is 0 Å². The summed E-state index contributed by atoms with van der Waals surface area (Å²) in [6.07, 6.45) is 0.177. The lowest BCUT2D eigenvalue weighted by Gasteiger charge is -2.24. The quantitative estimate of drug-likeness (QED) is 0.652. The summed E-state index contributed by atoms with van der Waals surface area (Å²) in [7, 11) is 0. The van der Waals surface area contributed by atoms with Gasteiger partial charge in [0.15, 0.2) is 0 Å². The van der Waals surface area contributed by atoms with Gasteiger partial charge in [0.2, 0.25) is 0 Å². The maximum absolute atomic E-state index is 10.5. The monoisotopic (exact) mass is 184 g/mol. The molecule has 0 radical (unpaired) electrons. The fraction of sp³-hybridized carbons (Fsp3) is 0.600. The van der Waals surface area contributed by atoms with Crippen LogP contribution in [0.2, 0.25) is 0 Å². The Balaban J connectivity index is 4.51. The van der Waals surface area contributed by atoms with E-state index in [0.29, 0.717) is 5.57 Å². The average Bonchev–Trinajstić information content (AvgIpc) is 2.01. The molecule has 3 heteroatoms. The van der Waals surface area contributed by atoms with Crippen LogP contribution in [0.1, 0.15) is 27.2 Å². The lowest BCUT2D eigenvalue weighted by atomic mass is 9.88. The normalized spacial score (nSPS) is 16.9. The molecule has 0 fully saturated rings. The van der Waals surface area contributed by atoms with Crippen LogP contribution in [0.5, 0.6) is 0 Å². The summed E-state index contributed by atoms with van der Waals surface area (Å²) >= 11 is 0. The molecule has 0 heterocycles. The van der Waals surface area contributed by atoms with Crippen molar-refractivity contribution in [3.8, 4) is 0 Å². The van der Waals surface area contributed by atoms with E-state index in [0.717, 1.165) is 0 Å². The lowest BCUT2D eigenvalue weighted by molar-refractivity contribution is -0.142. The van der Waals surface area contributed by atoms with E-state index in [2.05, 4.69) is 12.3 Å². The van der Waals surface area contributed by atoms with Gasteiger partial charge >= 0.3 is 5.97 Å². The van der Waals surface area contributed by atoms with Crippen molar-refractivity contribution in [2.45, 2.75) is 32.8 Å². The van der Waals surface area contributed by atoms with Crippen molar-refractivity contribution in [1.82, 2.24) is 0 Å². The van der Waals surface area contributed by atoms with E-state index in [-0.39, 0.29) is 6.42 Å². The van der Waals surface area contributed by atoms with Gasteiger partial charge in [0, 0.05) is 0 Å².